The van der Waals surface area contributed by atoms with Gasteiger partial charge < -0.3 is 10.5 Å². The van der Waals surface area contributed by atoms with E-state index in [0.717, 1.165) is 18.4 Å². The molecule has 3 nitrogen and oxygen atoms in total. The van der Waals surface area contributed by atoms with Crippen LogP contribution in [0.25, 0.3) is 0 Å². The minimum atomic E-state index is -0.219. The van der Waals surface area contributed by atoms with Gasteiger partial charge in [0.2, 0.25) is 0 Å². The lowest BCUT2D eigenvalue weighted by molar-refractivity contribution is -0.149. The zero-order valence-corrected chi connectivity index (χ0v) is 9.48. The molecule has 0 heterocycles. The number of carbonyl (C=O) groups excluding carboxylic acids is 1. The molecule has 0 bridgehead atoms. The van der Waals surface area contributed by atoms with E-state index in [2.05, 4.69) is 6.07 Å². The van der Waals surface area contributed by atoms with Gasteiger partial charge in [-0.3, -0.25) is 4.79 Å². The van der Waals surface area contributed by atoms with Crippen molar-refractivity contribution < 1.29 is 9.53 Å². The van der Waals surface area contributed by atoms with Crippen LogP contribution in [0.1, 0.15) is 30.5 Å². The number of benzene rings is 1. The van der Waals surface area contributed by atoms with Crippen molar-refractivity contribution >= 4 is 5.97 Å². The Morgan fingerprint density at radius 2 is 2.25 bits per heavy atom. The molecule has 2 rings (SSSR count). The number of nitrogens with two attached hydrogens (primary N) is 1. The van der Waals surface area contributed by atoms with Crippen LogP contribution in [-0.2, 0) is 16.0 Å². The molecule has 3 heteroatoms. The summed E-state index contributed by atoms with van der Waals surface area (Å²) in [5.74, 6) is -0.348. The second-order valence-electron chi connectivity index (χ2n) is 4.12. The maximum absolute atomic E-state index is 11.7. The molecule has 1 aliphatic carbocycles. The van der Waals surface area contributed by atoms with Crippen LogP contribution in [0.2, 0.25) is 0 Å². The van der Waals surface area contributed by atoms with E-state index in [-0.39, 0.29) is 17.9 Å². The lowest BCUT2D eigenvalue weighted by atomic mass is 9.80. The van der Waals surface area contributed by atoms with Gasteiger partial charge in [0, 0.05) is 6.04 Å². The fourth-order valence-electron chi connectivity index (χ4n) is 2.31. The zero-order valence-electron chi connectivity index (χ0n) is 9.48. The standard InChI is InChI=1S/C13H17NO2/c1-2-16-13(15)11-8-7-9-5-3-4-6-10(9)12(11)14/h3-6,11-12H,2,7-8,14H2,1H3/t11-,12+/m0/s1. The summed E-state index contributed by atoms with van der Waals surface area (Å²) in [4.78, 5) is 11.7. The minimum absolute atomic E-state index is 0.162. The van der Waals surface area contributed by atoms with Crippen LogP contribution in [0.3, 0.4) is 0 Å². The topological polar surface area (TPSA) is 52.3 Å². The van der Waals surface area contributed by atoms with E-state index in [4.69, 9.17) is 10.5 Å². The highest BCUT2D eigenvalue weighted by molar-refractivity contribution is 5.74. The Morgan fingerprint density at radius 3 is 3.00 bits per heavy atom. The molecule has 0 fully saturated rings. The van der Waals surface area contributed by atoms with Crippen LogP contribution in [-0.4, -0.2) is 12.6 Å². The van der Waals surface area contributed by atoms with Crippen molar-refractivity contribution in [1.29, 1.82) is 0 Å². The third-order valence-corrected chi connectivity index (χ3v) is 3.16. The second kappa shape index (κ2) is 4.66. The van der Waals surface area contributed by atoms with Gasteiger partial charge >= 0.3 is 5.97 Å². The van der Waals surface area contributed by atoms with E-state index in [1.165, 1.54) is 5.56 Å². The van der Waals surface area contributed by atoms with Crippen molar-refractivity contribution in [3.8, 4) is 0 Å². The van der Waals surface area contributed by atoms with Gasteiger partial charge in [0.25, 0.3) is 0 Å². The maximum atomic E-state index is 11.7. The van der Waals surface area contributed by atoms with E-state index in [1.54, 1.807) is 0 Å². The highest BCUT2D eigenvalue weighted by atomic mass is 16.5. The molecular weight excluding hydrogens is 202 g/mol. The average Bonchev–Trinajstić information content (AvgIpc) is 2.30. The lowest BCUT2D eigenvalue weighted by Gasteiger charge is -2.29. The molecular formula is C13H17NO2. The molecule has 0 radical (unpaired) electrons. The van der Waals surface area contributed by atoms with Gasteiger partial charge in [0.05, 0.1) is 12.5 Å². The summed E-state index contributed by atoms with van der Waals surface area (Å²) in [6.45, 7) is 2.24. The van der Waals surface area contributed by atoms with Crippen LogP contribution in [0.15, 0.2) is 24.3 Å². The monoisotopic (exact) mass is 219 g/mol. The van der Waals surface area contributed by atoms with Gasteiger partial charge in [-0.05, 0) is 30.9 Å². The van der Waals surface area contributed by atoms with Gasteiger partial charge in [0.1, 0.15) is 0 Å². The summed E-state index contributed by atoms with van der Waals surface area (Å²) in [6.07, 6.45) is 1.70. The Kier molecular flexibility index (Phi) is 3.25. The fraction of sp³-hybridized carbons (Fsp3) is 0.462. The summed E-state index contributed by atoms with van der Waals surface area (Å²) in [5, 5.41) is 0. The number of carbonyl (C=O) groups is 1. The van der Waals surface area contributed by atoms with E-state index < -0.39 is 0 Å². The second-order valence-corrected chi connectivity index (χ2v) is 4.12. The molecule has 1 aromatic carbocycles. The van der Waals surface area contributed by atoms with E-state index in [0.29, 0.717) is 6.61 Å². The lowest BCUT2D eigenvalue weighted by Crippen LogP contribution is -2.33. The first-order chi connectivity index (χ1) is 7.74. The molecule has 0 saturated carbocycles. The Morgan fingerprint density at radius 1 is 1.50 bits per heavy atom. The fourth-order valence-corrected chi connectivity index (χ4v) is 2.31. The number of rotatable bonds is 2. The molecule has 0 aromatic heterocycles. The van der Waals surface area contributed by atoms with Gasteiger partial charge in [-0.15, -0.1) is 0 Å². The molecule has 1 aromatic rings. The smallest absolute Gasteiger partial charge is 0.310 e. The molecule has 86 valence electrons. The first kappa shape index (κ1) is 11.1. The van der Waals surface area contributed by atoms with Crippen molar-refractivity contribution in [2.24, 2.45) is 11.7 Å². The van der Waals surface area contributed by atoms with E-state index >= 15 is 0 Å². The van der Waals surface area contributed by atoms with Crippen molar-refractivity contribution in [2.45, 2.75) is 25.8 Å². The number of ether oxygens (including phenoxy) is 1. The number of hydrogen-bond donors (Lipinski definition) is 1. The molecule has 0 unspecified atom stereocenters. The summed E-state index contributed by atoms with van der Waals surface area (Å²) in [7, 11) is 0. The molecule has 0 saturated heterocycles. The Labute approximate surface area is 95.6 Å². The van der Waals surface area contributed by atoms with Crippen LogP contribution in [0.4, 0.5) is 0 Å². The molecule has 2 N–H and O–H groups in total. The molecule has 0 amide bonds. The van der Waals surface area contributed by atoms with E-state index in [9.17, 15) is 4.79 Å². The van der Waals surface area contributed by atoms with Crippen LogP contribution in [0.5, 0.6) is 0 Å². The van der Waals surface area contributed by atoms with Crippen molar-refractivity contribution in [3.63, 3.8) is 0 Å². The van der Waals surface area contributed by atoms with E-state index in [1.807, 2.05) is 25.1 Å². The molecule has 1 aliphatic rings. The molecule has 16 heavy (non-hydrogen) atoms. The summed E-state index contributed by atoms with van der Waals surface area (Å²) < 4.78 is 5.05. The number of fused-ring (bicyclic) bond motifs is 1. The highest BCUT2D eigenvalue weighted by Crippen LogP contribution is 2.33. The number of esters is 1. The highest BCUT2D eigenvalue weighted by Gasteiger charge is 2.32. The van der Waals surface area contributed by atoms with Crippen molar-refractivity contribution in [1.82, 2.24) is 0 Å². The molecule has 0 aliphatic heterocycles. The maximum Gasteiger partial charge on any atom is 0.310 e. The average molecular weight is 219 g/mol. The number of hydrogen-bond acceptors (Lipinski definition) is 3. The summed E-state index contributed by atoms with van der Waals surface area (Å²) in [5.41, 5.74) is 8.47. The molecule has 0 spiro atoms. The first-order valence-electron chi connectivity index (χ1n) is 5.74. The Bertz CT molecular complexity index is 389. The van der Waals surface area contributed by atoms with Crippen molar-refractivity contribution in [3.05, 3.63) is 35.4 Å². The van der Waals surface area contributed by atoms with Gasteiger partial charge in [-0.2, -0.15) is 0 Å². The van der Waals surface area contributed by atoms with Crippen LogP contribution < -0.4 is 5.73 Å². The van der Waals surface area contributed by atoms with Crippen LogP contribution >= 0.6 is 0 Å². The minimum Gasteiger partial charge on any atom is -0.466 e. The quantitative estimate of drug-likeness (QED) is 0.772. The summed E-state index contributed by atoms with van der Waals surface area (Å²) >= 11 is 0. The number of aryl methyl sites for hydroxylation is 1. The predicted molar refractivity (Wildman–Crippen MR) is 61.8 cm³/mol. The third kappa shape index (κ3) is 1.95. The largest absolute Gasteiger partial charge is 0.466 e. The van der Waals surface area contributed by atoms with Crippen molar-refractivity contribution in [2.75, 3.05) is 6.61 Å². The predicted octanol–water partition coefficient (Wildman–Crippen LogP) is 1.81. The normalized spacial score (nSPS) is 23.6. The van der Waals surface area contributed by atoms with Gasteiger partial charge in [0.15, 0.2) is 0 Å². The van der Waals surface area contributed by atoms with Gasteiger partial charge in [-0.25, -0.2) is 0 Å². The SMILES string of the molecule is CCOC(=O)[C@H]1CCc2ccccc2[C@H]1N. The summed E-state index contributed by atoms with van der Waals surface area (Å²) in [6, 6.07) is 7.84. The third-order valence-electron chi connectivity index (χ3n) is 3.16. The van der Waals surface area contributed by atoms with Crippen LogP contribution in [0, 0.1) is 5.92 Å². The zero-order chi connectivity index (χ0) is 11.5. The first-order valence-corrected chi connectivity index (χ1v) is 5.74. The Balaban J connectivity index is 2.21. The van der Waals surface area contributed by atoms with Gasteiger partial charge in [-0.1, -0.05) is 24.3 Å². The Hall–Kier alpha value is -1.35. The molecule has 2 atom stereocenters.